The van der Waals surface area contributed by atoms with Crippen molar-refractivity contribution in [1.82, 2.24) is 15.1 Å². The van der Waals surface area contributed by atoms with E-state index in [0.717, 1.165) is 10.0 Å². The number of hydrogen-bond acceptors (Lipinski definition) is 5. The minimum atomic E-state index is -3.20. The molecule has 2 N–H and O–H groups in total. The number of phenols is 1. The highest BCUT2D eigenvalue weighted by Crippen LogP contribution is 2.46. The molecule has 0 aliphatic carbocycles. The average Bonchev–Trinajstić information content (AvgIpc) is 3.38. The molecule has 1 saturated heterocycles. The fourth-order valence-electron chi connectivity index (χ4n) is 4.41. The molecule has 160 valence electrons. The first-order chi connectivity index (χ1) is 14.7. The van der Waals surface area contributed by atoms with Gasteiger partial charge in [0.2, 0.25) is 0 Å². The molecule has 0 radical (unpaired) electrons. The summed E-state index contributed by atoms with van der Waals surface area (Å²) >= 11 is 9.58. The molecule has 1 amide bonds. The molecule has 5 rings (SSSR count). The standard InChI is InChI=1S/C21H17BrClN3O4S/c22-12-3-1-11(2-4-12)20-17-18(15-9-13(23)5-6-16(15)27)24-25-19(17)21(28)26(20)14-7-8-31(29,30)10-14/h1-6,9,14,20,27H,7-8,10H2,(H,24,25). The van der Waals surface area contributed by atoms with Gasteiger partial charge in [-0.2, -0.15) is 5.10 Å². The smallest absolute Gasteiger partial charge is 0.273 e. The van der Waals surface area contributed by atoms with Gasteiger partial charge in [0.05, 0.1) is 17.5 Å². The van der Waals surface area contributed by atoms with Crippen LogP contribution in [0.15, 0.2) is 46.9 Å². The van der Waals surface area contributed by atoms with E-state index in [4.69, 9.17) is 11.6 Å². The Balaban J connectivity index is 1.70. The number of aromatic amines is 1. The SMILES string of the molecule is O=C1c2[nH]nc(-c3cc(Cl)ccc3O)c2C(c2ccc(Br)cc2)N1C1CCS(=O)(=O)C1. The van der Waals surface area contributed by atoms with Gasteiger partial charge in [-0.05, 0) is 42.3 Å². The summed E-state index contributed by atoms with van der Waals surface area (Å²) in [4.78, 5) is 15.0. The number of aromatic nitrogens is 2. The van der Waals surface area contributed by atoms with Gasteiger partial charge in [0, 0.05) is 26.7 Å². The second kappa shape index (κ2) is 7.36. The van der Waals surface area contributed by atoms with Crippen LogP contribution < -0.4 is 0 Å². The van der Waals surface area contributed by atoms with Crippen LogP contribution in [0.5, 0.6) is 5.75 Å². The molecule has 2 aliphatic heterocycles. The van der Waals surface area contributed by atoms with E-state index in [1.54, 1.807) is 17.0 Å². The number of rotatable bonds is 3. The third kappa shape index (κ3) is 3.44. The first kappa shape index (κ1) is 20.5. The Kier molecular flexibility index (Phi) is 4.87. The molecule has 10 heteroatoms. The van der Waals surface area contributed by atoms with E-state index < -0.39 is 21.9 Å². The number of aromatic hydroxyl groups is 1. The highest BCUT2D eigenvalue weighted by Gasteiger charge is 2.48. The Morgan fingerprint density at radius 1 is 1.19 bits per heavy atom. The van der Waals surface area contributed by atoms with Crippen LogP contribution in [0.2, 0.25) is 5.02 Å². The van der Waals surface area contributed by atoms with Crippen molar-refractivity contribution in [3.05, 3.63) is 68.8 Å². The number of nitrogens with one attached hydrogen (secondary N) is 1. The van der Waals surface area contributed by atoms with E-state index in [-0.39, 0.29) is 23.2 Å². The molecule has 1 aromatic heterocycles. The monoisotopic (exact) mass is 521 g/mol. The molecule has 3 aromatic rings. The zero-order valence-electron chi connectivity index (χ0n) is 16.0. The molecule has 2 unspecified atom stereocenters. The number of carbonyl (C=O) groups excluding carboxylic acids is 1. The lowest BCUT2D eigenvalue weighted by Crippen LogP contribution is -2.40. The van der Waals surface area contributed by atoms with Crippen molar-refractivity contribution in [2.45, 2.75) is 18.5 Å². The van der Waals surface area contributed by atoms with Crippen molar-refractivity contribution in [2.24, 2.45) is 0 Å². The molecule has 0 bridgehead atoms. The summed E-state index contributed by atoms with van der Waals surface area (Å²) in [5.74, 6) is -0.322. The summed E-state index contributed by atoms with van der Waals surface area (Å²) in [5, 5.41) is 18.0. The minimum absolute atomic E-state index is 0.0115. The maximum atomic E-state index is 13.4. The van der Waals surface area contributed by atoms with Crippen LogP contribution in [0.25, 0.3) is 11.3 Å². The quantitative estimate of drug-likeness (QED) is 0.542. The Hall–Kier alpha value is -2.36. The highest BCUT2D eigenvalue weighted by atomic mass is 79.9. The van der Waals surface area contributed by atoms with Gasteiger partial charge in [-0.15, -0.1) is 0 Å². The van der Waals surface area contributed by atoms with Crippen molar-refractivity contribution >= 4 is 43.3 Å². The second-order valence-corrected chi connectivity index (χ2v) is 11.3. The fraction of sp³-hybridized carbons (Fsp3) is 0.238. The number of fused-ring (bicyclic) bond motifs is 1. The maximum Gasteiger partial charge on any atom is 0.273 e. The van der Waals surface area contributed by atoms with Gasteiger partial charge in [-0.3, -0.25) is 9.89 Å². The third-order valence-corrected chi connectivity index (χ3v) is 8.32. The second-order valence-electron chi connectivity index (χ2n) is 7.75. The van der Waals surface area contributed by atoms with Crippen LogP contribution in [0.1, 0.15) is 34.1 Å². The van der Waals surface area contributed by atoms with E-state index in [9.17, 15) is 18.3 Å². The molecule has 7 nitrogen and oxygen atoms in total. The fourth-order valence-corrected chi connectivity index (χ4v) is 6.56. The van der Waals surface area contributed by atoms with Crippen LogP contribution >= 0.6 is 27.5 Å². The number of amides is 1. The lowest BCUT2D eigenvalue weighted by molar-refractivity contribution is 0.0677. The van der Waals surface area contributed by atoms with E-state index in [1.165, 1.54) is 6.07 Å². The van der Waals surface area contributed by atoms with Crippen molar-refractivity contribution in [3.63, 3.8) is 0 Å². The van der Waals surface area contributed by atoms with E-state index in [1.807, 2.05) is 24.3 Å². The molecule has 0 spiro atoms. The normalized spacial score (nSPS) is 22.1. The van der Waals surface area contributed by atoms with Crippen LogP contribution in [-0.4, -0.2) is 52.1 Å². The number of H-pyrrole nitrogens is 1. The zero-order valence-corrected chi connectivity index (χ0v) is 19.2. The molecule has 0 saturated carbocycles. The summed E-state index contributed by atoms with van der Waals surface area (Å²) in [6.07, 6.45) is 0.385. The lowest BCUT2D eigenvalue weighted by Gasteiger charge is -2.31. The number of sulfone groups is 1. The topological polar surface area (TPSA) is 103 Å². The number of phenolic OH excluding ortho intramolecular Hbond substituents is 1. The Morgan fingerprint density at radius 3 is 2.61 bits per heavy atom. The summed E-state index contributed by atoms with van der Waals surface area (Å²) in [6, 6.07) is 11.2. The molecule has 2 aromatic carbocycles. The molecule has 31 heavy (non-hydrogen) atoms. The minimum Gasteiger partial charge on any atom is -0.507 e. The molecule has 2 atom stereocenters. The maximum absolute atomic E-state index is 13.4. The average molecular weight is 523 g/mol. The van der Waals surface area contributed by atoms with Crippen molar-refractivity contribution in [3.8, 4) is 17.0 Å². The van der Waals surface area contributed by atoms with Crippen LogP contribution in [0.4, 0.5) is 0 Å². The largest absolute Gasteiger partial charge is 0.507 e. The number of nitrogens with zero attached hydrogens (tertiary/aromatic N) is 2. The molecular formula is C21H17BrClN3O4S. The van der Waals surface area contributed by atoms with Gasteiger partial charge < -0.3 is 10.0 Å². The Morgan fingerprint density at radius 2 is 1.94 bits per heavy atom. The van der Waals surface area contributed by atoms with Crippen LogP contribution in [-0.2, 0) is 9.84 Å². The van der Waals surface area contributed by atoms with Gasteiger partial charge in [0.25, 0.3) is 5.91 Å². The predicted molar refractivity (Wildman–Crippen MR) is 120 cm³/mol. The summed E-state index contributed by atoms with van der Waals surface area (Å²) in [6.45, 7) is 0. The van der Waals surface area contributed by atoms with Gasteiger partial charge >= 0.3 is 0 Å². The first-order valence-electron chi connectivity index (χ1n) is 9.61. The van der Waals surface area contributed by atoms with Gasteiger partial charge in [0.15, 0.2) is 9.84 Å². The highest BCUT2D eigenvalue weighted by molar-refractivity contribution is 9.10. The third-order valence-electron chi connectivity index (χ3n) is 5.81. The van der Waals surface area contributed by atoms with Crippen molar-refractivity contribution in [1.29, 1.82) is 0 Å². The zero-order chi connectivity index (χ0) is 21.9. The molecule has 2 aliphatic rings. The summed E-state index contributed by atoms with van der Waals surface area (Å²) in [7, 11) is -3.20. The van der Waals surface area contributed by atoms with E-state index in [0.29, 0.717) is 34.0 Å². The van der Waals surface area contributed by atoms with Gasteiger partial charge in [-0.25, -0.2) is 8.42 Å². The molecular weight excluding hydrogens is 506 g/mol. The summed E-state index contributed by atoms with van der Waals surface area (Å²) in [5.41, 5.74) is 2.55. The Labute approximate surface area is 192 Å². The van der Waals surface area contributed by atoms with E-state index >= 15 is 0 Å². The Bertz CT molecular complexity index is 1310. The van der Waals surface area contributed by atoms with Gasteiger partial charge in [0.1, 0.15) is 17.1 Å². The summed E-state index contributed by atoms with van der Waals surface area (Å²) < 4.78 is 25.2. The van der Waals surface area contributed by atoms with Crippen molar-refractivity contribution in [2.75, 3.05) is 11.5 Å². The number of benzene rings is 2. The number of hydrogen-bond donors (Lipinski definition) is 2. The first-order valence-corrected chi connectivity index (χ1v) is 12.6. The van der Waals surface area contributed by atoms with Crippen molar-refractivity contribution < 1.29 is 18.3 Å². The number of halogens is 2. The lowest BCUT2D eigenvalue weighted by atomic mass is 9.95. The molecule has 1 fully saturated rings. The van der Waals surface area contributed by atoms with Crippen LogP contribution in [0.3, 0.4) is 0 Å². The number of carbonyl (C=O) groups is 1. The predicted octanol–water partition coefficient (Wildman–Crippen LogP) is 3.93. The molecule has 3 heterocycles. The van der Waals surface area contributed by atoms with Crippen LogP contribution in [0, 0.1) is 0 Å². The van der Waals surface area contributed by atoms with Gasteiger partial charge in [-0.1, -0.05) is 39.7 Å². The van der Waals surface area contributed by atoms with E-state index in [2.05, 4.69) is 26.1 Å².